The van der Waals surface area contributed by atoms with Crippen molar-refractivity contribution < 1.29 is 9.47 Å². The van der Waals surface area contributed by atoms with Crippen LogP contribution in [0.1, 0.15) is 26.2 Å². The average molecular weight is 228 g/mol. The van der Waals surface area contributed by atoms with E-state index in [1.54, 1.807) is 0 Å². The number of hydrogen-bond donors (Lipinski definition) is 1. The van der Waals surface area contributed by atoms with Gasteiger partial charge in [0.1, 0.15) is 0 Å². The van der Waals surface area contributed by atoms with Crippen molar-refractivity contribution in [3.63, 3.8) is 0 Å². The van der Waals surface area contributed by atoms with Gasteiger partial charge in [-0.25, -0.2) is 0 Å². The molecule has 16 heavy (non-hydrogen) atoms. The highest BCUT2D eigenvalue weighted by Crippen LogP contribution is 2.34. The number of likely N-dealkylation sites (N-methyl/N-ethyl adjacent to an activating group) is 1. The van der Waals surface area contributed by atoms with Gasteiger partial charge in [-0.15, -0.1) is 0 Å². The van der Waals surface area contributed by atoms with E-state index in [2.05, 4.69) is 18.9 Å². The summed E-state index contributed by atoms with van der Waals surface area (Å²) < 4.78 is 11.4. The number of nitrogens with zero attached hydrogens (tertiary/aromatic N) is 1. The smallest absolute Gasteiger partial charge is 0.0951 e. The van der Waals surface area contributed by atoms with E-state index in [-0.39, 0.29) is 5.60 Å². The van der Waals surface area contributed by atoms with Gasteiger partial charge in [0, 0.05) is 38.3 Å². The molecule has 0 radical (unpaired) electrons. The maximum atomic E-state index is 5.94. The Hall–Kier alpha value is -0.160. The maximum absolute atomic E-state index is 5.94. The van der Waals surface area contributed by atoms with Crippen molar-refractivity contribution in [3.8, 4) is 0 Å². The summed E-state index contributed by atoms with van der Waals surface area (Å²) in [7, 11) is 2.18. The third-order valence-corrected chi connectivity index (χ3v) is 4.15. The largest absolute Gasteiger partial charge is 0.378 e. The summed E-state index contributed by atoms with van der Waals surface area (Å²) in [4.78, 5) is 2.41. The molecule has 0 aromatic carbocycles. The van der Waals surface area contributed by atoms with Gasteiger partial charge in [0.25, 0.3) is 0 Å². The first-order chi connectivity index (χ1) is 7.67. The molecule has 2 fully saturated rings. The van der Waals surface area contributed by atoms with Crippen LogP contribution in [0, 0.1) is 0 Å². The molecule has 3 atom stereocenters. The first-order valence-corrected chi connectivity index (χ1v) is 6.30. The molecule has 0 aliphatic carbocycles. The lowest BCUT2D eigenvalue weighted by molar-refractivity contribution is -0.106. The van der Waals surface area contributed by atoms with Crippen LogP contribution in [0.3, 0.4) is 0 Å². The molecular formula is C12H24N2O2. The molecule has 2 aliphatic rings. The molecule has 0 aromatic heterocycles. The van der Waals surface area contributed by atoms with Crippen molar-refractivity contribution >= 4 is 0 Å². The molecule has 0 amide bonds. The first kappa shape index (κ1) is 12.3. The van der Waals surface area contributed by atoms with Crippen molar-refractivity contribution in [2.24, 2.45) is 5.73 Å². The van der Waals surface area contributed by atoms with Crippen molar-refractivity contribution in [1.29, 1.82) is 0 Å². The number of ether oxygens (including phenoxy) is 2. The van der Waals surface area contributed by atoms with Crippen LogP contribution < -0.4 is 5.73 Å². The van der Waals surface area contributed by atoms with Crippen LogP contribution in [0.5, 0.6) is 0 Å². The van der Waals surface area contributed by atoms with Gasteiger partial charge in [0.2, 0.25) is 0 Å². The highest BCUT2D eigenvalue weighted by Gasteiger charge is 2.42. The van der Waals surface area contributed by atoms with Crippen LogP contribution in [-0.4, -0.2) is 56.0 Å². The highest BCUT2D eigenvalue weighted by molar-refractivity contribution is 4.93. The van der Waals surface area contributed by atoms with Gasteiger partial charge in [-0.3, -0.25) is 4.90 Å². The molecule has 3 unspecified atom stereocenters. The lowest BCUT2D eigenvalue weighted by Gasteiger charge is -2.42. The van der Waals surface area contributed by atoms with Crippen LogP contribution in [0.2, 0.25) is 0 Å². The van der Waals surface area contributed by atoms with Gasteiger partial charge < -0.3 is 15.2 Å². The predicted molar refractivity (Wildman–Crippen MR) is 63.4 cm³/mol. The first-order valence-electron chi connectivity index (χ1n) is 6.30. The van der Waals surface area contributed by atoms with Crippen molar-refractivity contribution in [2.75, 3.05) is 33.4 Å². The molecule has 0 saturated carbocycles. The minimum atomic E-state index is 0.00545. The van der Waals surface area contributed by atoms with E-state index >= 15 is 0 Å². The van der Waals surface area contributed by atoms with E-state index < -0.39 is 0 Å². The second kappa shape index (κ2) is 5.00. The molecule has 0 aromatic rings. The van der Waals surface area contributed by atoms with Gasteiger partial charge in [-0.2, -0.15) is 0 Å². The molecule has 2 aliphatic heterocycles. The fraction of sp³-hybridized carbons (Fsp3) is 1.00. The minimum Gasteiger partial charge on any atom is -0.378 e. The molecule has 2 rings (SSSR count). The zero-order valence-electron chi connectivity index (χ0n) is 10.4. The van der Waals surface area contributed by atoms with E-state index in [4.69, 9.17) is 15.2 Å². The van der Waals surface area contributed by atoms with E-state index in [0.29, 0.717) is 12.1 Å². The van der Waals surface area contributed by atoms with Crippen LogP contribution in [0.25, 0.3) is 0 Å². The molecule has 2 saturated heterocycles. The van der Waals surface area contributed by atoms with E-state index in [9.17, 15) is 0 Å². The Morgan fingerprint density at radius 1 is 1.50 bits per heavy atom. The monoisotopic (exact) mass is 228 g/mol. The van der Waals surface area contributed by atoms with Crippen molar-refractivity contribution in [2.45, 2.75) is 43.9 Å². The van der Waals surface area contributed by atoms with Crippen molar-refractivity contribution in [1.82, 2.24) is 4.90 Å². The van der Waals surface area contributed by atoms with Gasteiger partial charge >= 0.3 is 0 Å². The molecule has 1 spiro atoms. The van der Waals surface area contributed by atoms with Crippen LogP contribution in [-0.2, 0) is 9.47 Å². The molecular weight excluding hydrogens is 204 g/mol. The third-order valence-electron chi connectivity index (χ3n) is 4.15. The van der Waals surface area contributed by atoms with Gasteiger partial charge in [-0.05, 0) is 26.8 Å². The Kier molecular flexibility index (Phi) is 3.85. The molecule has 94 valence electrons. The van der Waals surface area contributed by atoms with Crippen LogP contribution in [0.15, 0.2) is 0 Å². The fourth-order valence-electron chi connectivity index (χ4n) is 2.74. The summed E-state index contributed by atoms with van der Waals surface area (Å²) in [6, 6.07) is 1.04. The highest BCUT2D eigenvalue weighted by atomic mass is 16.6. The quantitative estimate of drug-likeness (QED) is 0.768. The predicted octanol–water partition coefficient (Wildman–Crippen LogP) is 0.604. The zero-order valence-corrected chi connectivity index (χ0v) is 10.4. The number of nitrogens with two attached hydrogens (primary N) is 1. The van der Waals surface area contributed by atoms with Gasteiger partial charge in [0.05, 0.1) is 12.2 Å². The second-order valence-corrected chi connectivity index (χ2v) is 5.23. The van der Waals surface area contributed by atoms with Crippen LogP contribution >= 0.6 is 0 Å². The molecule has 2 heterocycles. The second-order valence-electron chi connectivity index (χ2n) is 5.23. The van der Waals surface area contributed by atoms with Crippen molar-refractivity contribution in [3.05, 3.63) is 0 Å². The summed E-state index contributed by atoms with van der Waals surface area (Å²) >= 11 is 0. The lowest BCUT2D eigenvalue weighted by Crippen LogP contribution is -2.51. The zero-order chi connectivity index (χ0) is 11.6. The number of hydrogen-bond acceptors (Lipinski definition) is 4. The molecule has 4 heteroatoms. The topological polar surface area (TPSA) is 47.7 Å². The Balaban J connectivity index is 1.95. The van der Waals surface area contributed by atoms with E-state index in [1.807, 2.05) is 0 Å². The maximum Gasteiger partial charge on any atom is 0.0951 e. The van der Waals surface area contributed by atoms with Gasteiger partial charge in [0.15, 0.2) is 0 Å². The molecule has 0 bridgehead atoms. The summed E-state index contributed by atoms with van der Waals surface area (Å²) in [5.41, 5.74) is 5.73. The van der Waals surface area contributed by atoms with Gasteiger partial charge in [-0.1, -0.05) is 0 Å². The summed E-state index contributed by atoms with van der Waals surface area (Å²) in [5.74, 6) is 0. The molecule has 2 N–H and O–H groups in total. The third kappa shape index (κ3) is 2.40. The SMILES string of the molecule is CC(CN)N(C)C1CCOC2(CCOC2)C1. The Morgan fingerprint density at radius 2 is 2.31 bits per heavy atom. The minimum absolute atomic E-state index is 0.00545. The Labute approximate surface area is 98.1 Å². The Morgan fingerprint density at radius 3 is 2.94 bits per heavy atom. The van der Waals surface area contributed by atoms with E-state index in [1.165, 1.54) is 0 Å². The summed E-state index contributed by atoms with van der Waals surface area (Å²) in [5, 5.41) is 0. The Bertz CT molecular complexity index is 229. The van der Waals surface area contributed by atoms with E-state index in [0.717, 1.165) is 45.6 Å². The van der Waals surface area contributed by atoms with Crippen LogP contribution in [0.4, 0.5) is 0 Å². The molecule has 4 nitrogen and oxygen atoms in total. The summed E-state index contributed by atoms with van der Waals surface area (Å²) in [6.45, 7) is 5.39. The normalized spacial score (nSPS) is 37.1. The number of rotatable bonds is 3. The summed E-state index contributed by atoms with van der Waals surface area (Å²) in [6.07, 6.45) is 3.25. The fourth-order valence-corrected chi connectivity index (χ4v) is 2.74. The standard InChI is InChI=1S/C12H24N2O2/c1-10(8-13)14(2)11-3-5-16-12(7-11)4-6-15-9-12/h10-11H,3-9,13H2,1-2H3. The lowest BCUT2D eigenvalue weighted by atomic mass is 9.88. The average Bonchev–Trinajstić information content (AvgIpc) is 2.75.